The normalized spacial score (nSPS) is 18.1. The summed E-state index contributed by atoms with van der Waals surface area (Å²) in [5, 5.41) is 3.56. The molecule has 0 aliphatic carbocycles. The van der Waals surface area contributed by atoms with Gasteiger partial charge in [0.2, 0.25) is 0 Å². The molecule has 1 aliphatic rings. The van der Waals surface area contributed by atoms with E-state index >= 15 is 0 Å². The molecule has 1 aliphatic heterocycles. The zero-order chi connectivity index (χ0) is 14.2. The van der Waals surface area contributed by atoms with Crippen molar-refractivity contribution in [2.75, 3.05) is 39.4 Å². The van der Waals surface area contributed by atoms with E-state index in [0.29, 0.717) is 6.04 Å². The molecule has 0 aromatic heterocycles. The van der Waals surface area contributed by atoms with E-state index in [-0.39, 0.29) is 5.82 Å². The topological polar surface area (TPSA) is 24.5 Å². The van der Waals surface area contributed by atoms with E-state index in [1.54, 1.807) is 12.1 Å². The van der Waals surface area contributed by atoms with Crippen molar-refractivity contribution in [3.8, 4) is 0 Å². The van der Waals surface area contributed by atoms with Gasteiger partial charge >= 0.3 is 0 Å². The van der Waals surface area contributed by atoms with E-state index in [1.807, 2.05) is 12.1 Å². The molecule has 0 bridgehead atoms. The van der Waals surface area contributed by atoms with Crippen molar-refractivity contribution in [3.63, 3.8) is 0 Å². The average molecular weight is 280 g/mol. The second-order valence-corrected chi connectivity index (χ2v) is 5.30. The lowest BCUT2D eigenvalue weighted by atomic mass is 10.0. The molecule has 1 aromatic rings. The molecule has 0 spiro atoms. The van der Waals surface area contributed by atoms with E-state index in [1.165, 1.54) is 5.56 Å². The molecule has 112 valence electrons. The second-order valence-electron chi connectivity index (χ2n) is 5.30. The SMILES string of the molecule is CCCNC(CCN1CCOCC1)c1ccc(F)cc1. The number of morpholine rings is 1. The van der Waals surface area contributed by atoms with Crippen LogP contribution >= 0.6 is 0 Å². The van der Waals surface area contributed by atoms with Gasteiger partial charge in [-0.15, -0.1) is 0 Å². The second kappa shape index (κ2) is 8.35. The monoisotopic (exact) mass is 280 g/mol. The fourth-order valence-electron chi connectivity index (χ4n) is 2.54. The van der Waals surface area contributed by atoms with Crippen LogP contribution in [0.25, 0.3) is 0 Å². The van der Waals surface area contributed by atoms with Gasteiger partial charge in [-0.2, -0.15) is 0 Å². The molecule has 1 fully saturated rings. The first-order valence-corrected chi connectivity index (χ1v) is 7.58. The molecule has 1 saturated heterocycles. The third kappa shape index (κ3) is 4.85. The predicted molar refractivity (Wildman–Crippen MR) is 79.3 cm³/mol. The van der Waals surface area contributed by atoms with Crippen molar-refractivity contribution in [2.45, 2.75) is 25.8 Å². The number of nitrogens with one attached hydrogen (secondary N) is 1. The third-order valence-corrected chi connectivity index (χ3v) is 3.75. The maximum Gasteiger partial charge on any atom is 0.123 e. The summed E-state index contributed by atoms with van der Waals surface area (Å²) in [6, 6.07) is 7.18. The molecular weight excluding hydrogens is 255 g/mol. The van der Waals surface area contributed by atoms with Crippen LogP contribution in [-0.4, -0.2) is 44.3 Å². The molecule has 2 rings (SSSR count). The van der Waals surface area contributed by atoms with Crippen LogP contribution in [0.15, 0.2) is 24.3 Å². The van der Waals surface area contributed by atoms with Gasteiger partial charge in [-0.05, 0) is 37.1 Å². The quantitative estimate of drug-likeness (QED) is 0.831. The summed E-state index contributed by atoms with van der Waals surface area (Å²) in [7, 11) is 0. The number of hydrogen-bond acceptors (Lipinski definition) is 3. The van der Waals surface area contributed by atoms with E-state index in [9.17, 15) is 4.39 Å². The summed E-state index contributed by atoms with van der Waals surface area (Å²) < 4.78 is 18.4. The van der Waals surface area contributed by atoms with Gasteiger partial charge in [0, 0.05) is 25.7 Å². The Morgan fingerprint density at radius 2 is 1.95 bits per heavy atom. The lowest BCUT2D eigenvalue weighted by Gasteiger charge is -2.28. The summed E-state index contributed by atoms with van der Waals surface area (Å²) in [6.07, 6.45) is 2.15. The molecule has 20 heavy (non-hydrogen) atoms. The minimum absolute atomic E-state index is 0.170. The maximum atomic E-state index is 13.0. The van der Waals surface area contributed by atoms with Crippen molar-refractivity contribution in [1.82, 2.24) is 10.2 Å². The van der Waals surface area contributed by atoms with Crippen LogP contribution in [0.1, 0.15) is 31.4 Å². The van der Waals surface area contributed by atoms with E-state index in [2.05, 4.69) is 17.1 Å². The highest BCUT2D eigenvalue weighted by Crippen LogP contribution is 2.18. The fourth-order valence-corrected chi connectivity index (χ4v) is 2.54. The Balaban J connectivity index is 1.90. The number of ether oxygens (including phenoxy) is 1. The molecule has 1 N–H and O–H groups in total. The van der Waals surface area contributed by atoms with Gasteiger partial charge < -0.3 is 10.1 Å². The Bertz CT molecular complexity index is 377. The molecule has 0 amide bonds. The number of rotatable bonds is 7. The number of nitrogens with zero attached hydrogens (tertiary/aromatic N) is 1. The minimum atomic E-state index is -0.170. The highest BCUT2D eigenvalue weighted by atomic mass is 19.1. The summed E-state index contributed by atoms with van der Waals surface area (Å²) in [5.74, 6) is -0.170. The van der Waals surface area contributed by atoms with Crippen molar-refractivity contribution >= 4 is 0 Å². The van der Waals surface area contributed by atoms with Crippen LogP contribution in [-0.2, 0) is 4.74 Å². The Morgan fingerprint density at radius 1 is 1.25 bits per heavy atom. The van der Waals surface area contributed by atoms with Gasteiger partial charge in [0.1, 0.15) is 5.82 Å². The number of benzene rings is 1. The molecule has 1 atom stereocenters. The van der Waals surface area contributed by atoms with Crippen molar-refractivity contribution in [1.29, 1.82) is 0 Å². The smallest absolute Gasteiger partial charge is 0.123 e. The van der Waals surface area contributed by atoms with Crippen LogP contribution in [0.3, 0.4) is 0 Å². The molecule has 0 radical (unpaired) electrons. The molecule has 4 heteroatoms. The Kier molecular flexibility index (Phi) is 6.43. The van der Waals surface area contributed by atoms with Gasteiger partial charge in [-0.1, -0.05) is 19.1 Å². The first-order chi connectivity index (χ1) is 9.79. The van der Waals surface area contributed by atoms with Gasteiger partial charge in [0.15, 0.2) is 0 Å². The predicted octanol–water partition coefficient (Wildman–Crippen LogP) is 2.59. The van der Waals surface area contributed by atoms with E-state index in [4.69, 9.17) is 4.74 Å². The standard InChI is InChI=1S/C16H25FN2O/c1-2-8-18-16(14-3-5-15(17)6-4-14)7-9-19-10-12-20-13-11-19/h3-6,16,18H,2,7-13H2,1H3. The molecular formula is C16H25FN2O. The zero-order valence-corrected chi connectivity index (χ0v) is 12.3. The van der Waals surface area contributed by atoms with E-state index < -0.39 is 0 Å². The van der Waals surface area contributed by atoms with Crippen molar-refractivity contribution < 1.29 is 9.13 Å². The van der Waals surface area contributed by atoms with Crippen LogP contribution < -0.4 is 5.32 Å². The highest BCUT2D eigenvalue weighted by molar-refractivity contribution is 5.20. The summed E-state index contributed by atoms with van der Waals surface area (Å²) in [6.45, 7) is 7.92. The van der Waals surface area contributed by atoms with Crippen LogP contribution in [0.4, 0.5) is 4.39 Å². The van der Waals surface area contributed by atoms with Crippen LogP contribution in [0.5, 0.6) is 0 Å². The maximum absolute atomic E-state index is 13.0. The minimum Gasteiger partial charge on any atom is -0.379 e. The van der Waals surface area contributed by atoms with Crippen molar-refractivity contribution in [2.24, 2.45) is 0 Å². The highest BCUT2D eigenvalue weighted by Gasteiger charge is 2.15. The number of hydrogen-bond donors (Lipinski definition) is 1. The molecule has 1 aromatic carbocycles. The van der Waals surface area contributed by atoms with E-state index in [0.717, 1.165) is 52.2 Å². The lowest BCUT2D eigenvalue weighted by Crippen LogP contribution is -2.38. The zero-order valence-electron chi connectivity index (χ0n) is 12.3. The Hall–Kier alpha value is -0.970. The first kappa shape index (κ1) is 15.4. The van der Waals surface area contributed by atoms with Gasteiger partial charge in [0.05, 0.1) is 13.2 Å². The van der Waals surface area contributed by atoms with Crippen molar-refractivity contribution in [3.05, 3.63) is 35.6 Å². The first-order valence-electron chi connectivity index (χ1n) is 7.58. The molecule has 0 saturated carbocycles. The fraction of sp³-hybridized carbons (Fsp3) is 0.625. The Labute approximate surface area is 121 Å². The largest absolute Gasteiger partial charge is 0.379 e. The molecule has 1 heterocycles. The Morgan fingerprint density at radius 3 is 2.60 bits per heavy atom. The van der Waals surface area contributed by atoms with Gasteiger partial charge in [-0.25, -0.2) is 4.39 Å². The average Bonchev–Trinajstić information content (AvgIpc) is 2.50. The van der Waals surface area contributed by atoms with Crippen LogP contribution in [0.2, 0.25) is 0 Å². The van der Waals surface area contributed by atoms with Crippen LogP contribution in [0, 0.1) is 5.82 Å². The van der Waals surface area contributed by atoms with Gasteiger partial charge in [0.25, 0.3) is 0 Å². The van der Waals surface area contributed by atoms with Gasteiger partial charge in [-0.3, -0.25) is 4.90 Å². The summed E-state index contributed by atoms with van der Waals surface area (Å²) in [4.78, 5) is 2.44. The molecule has 3 nitrogen and oxygen atoms in total. The molecule has 1 unspecified atom stereocenters. The summed E-state index contributed by atoms with van der Waals surface area (Å²) in [5.41, 5.74) is 1.17. The number of halogens is 1. The third-order valence-electron chi connectivity index (χ3n) is 3.75. The lowest BCUT2D eigenvalue weighted by molar-refractivity contribution is 0.0361. The summed E-state index contributed by atoms with van der Waals surface area (Å²) >= 11 is 0.